The van der Waals surface area contributed by atoms with Crippen LogP contribution in [0.5, 0.6) is 5.75 Å². The van der Waals surface area contributed by atoms with Gasteiger partial charge in [0, 0.05) is 13.0 Å². The predicted octanol–water partition coefficient (Wildman–Crippen LogP) is 1.95. The van der Waals surface area contributed by atoms with E-state index in [0.717, 1.165) is 24.8 Å². The van der Waals surface area contributed by atoms with Gasteiger partial charge in [-0.25, -0.2) is 10.3 Å². The first kappa shape index (κ1) is 13.8. The van der Waals surface area contributed by atoms with E-state index in [9.17, 15) is 4.79 Å². The Hall–Kier alpha value is -1.59. The number of nitrogens with one attached hydrogen (secondary N) is 1. The van der Waals surface area contributed by atoms with Gasteiger partial charge in [-0.2, -0.15) is 0 Å². The first-order valence-electron chi connectivity index (χ1n) is 6.50. The van der Waals surface area contributed by atoms with Gasteiger partial charge in [0.2, 0.25) is 0 Å². The number of hydrogen-bond acceptors (Lipinski definition) is 4. The van der Waals surface area contributed by atoms with Gasteiger partial charge in [-0.1, -0.05) is 18.2 Å². The molecular weight excluding hydrogens is 246 g/mol. The Balaban J connectivity index is 1.68. The molecule has 1 saturated heterocycles. The minimum Gasteiger partial charge on any atom is -0.483 e. The second-order valence-corrected chi connectivity index (χ2v) is 4.49. The lowest BCUT2D eigenvalue weighted by Crippen LogP contribution is -2.35. The molecule has 1 atom stereocenters. The van der Waals surface area contributed by atoms with Crippen molar-refractivity contribution in [3.8, 4) is 5.75 Å². The fraction of sp³-hybridized carbons (Fsp3) is 0.500. The summed E-state index contributed by atoms with van der Waals surface area (Å²) in [5, 5.41) is 0. The summed E-state index contributed by atoms with van der Waals surface area (Å²) < 4.78 is 10.7. The maximum absolute atomic E-state index is 11.6. The van der Waals surface area contributed by atoms with Gasteiger partial charge in [-0.05, 0) is 31.4 Å². The van der Waals surface area contributed by atoms with Crippen molar-refractivity contribution in [1.29, 1.82) is 0 Å². The molecule has 1 N–H and O–H groups in total. The molecule has 1 amide bonds. The normalized spacial score (nSPS) is 18.9. The van der Waals surface area contributed by atoms with Gasteiger partial charge < -0.3 is 9.47 Å². The van der Waals surface area contributed by atoms with Crippen LogP contribution in [0.15, 0.2) is 24.3 Å². The van der Waals surface area contributed by atoms with E-state index >= 15 is 0 Å². The first-order valence-corrected chi connectivity index (χ1v) is 6.50. The minimum absolute atomic E-state index is 0.0719. The average molecular weight is 265 g/mol. The molecular formula is C14H19NO4. The monoisotopic (exact) mass is 265 g/mol. The summed E-state index contributed by atoms with van der Waals surface area (Å²) in [5.74, 6) is 0.379. The lowest BCUT2D eigenvalue weighted by Gasteiger charge is -2.22. The molecule has 1 heterocycles. The van der Waals surface area contributed by atoms with Crippen LogP contribution in [0.4, 0.5) is 0 Å². The molecule has 0 saturated carbocycles. The van der Waals surface area contributed by atoms with Crippen LogP contribution in [0, 0.1) is 6.92 Å². The molecule has 19 heavy (non-hydrogen) atoms. The molecule has 0 bridgehead atoms. The molecule has 0 spiro atoms. The SMILES string of the molecule is Cc1ccccc1OCC(=O)NOC1CCCCO1. The Labute approximate surface area is 112 Å². The Morgan fingerprint density at radius 3 is 3.00 bits per heavy atom. The lowest BCUT2D eigenvalue weighted by molar-refractivity contribution is -0.201. The molecule has 0 aromatic heterocycles. The van der Waals surface area contributed by atoms with Gasteiger partial charge >= 0.3 is 0 Å². The number of para-hydroxylation sites is 1. The molecule has 104 valence electrons. The number of benzene rings is 1. The Morgan fingerprint density at radius 2 is 2.26 bits per heavy atom. The Morgan fingerprint density at radius 1 is 1.42 bits per heavy atom. The molecule has 0 radical (unpaired) electrons. The Kier molecular flexibility index (Phi) is 5.18. The number of hydroxylamine groups is 1. The third-order valence-electron chi connectivity index (χ3n) is 2.89. The van der Waals surface area contributed by atoms with Gasteiger partial charge in [0.05, 0.1) is 0 Å². The number of carbonyl (C=O) groups excluding carboxylic acids is 1. The standard InChI is InChI=1S/C14H19NO4/c1-11-6-2-3-7-12(11)18-10-13(16)15-19-14-8-4-5-9-17-14/h2-3,6-7,14H,4-5,8-10H2,1H3,(H,15,16). The van der Waals surface area contributed by atoms with Crippen molar-refractivity contribution in [3.05, 3.63) is 29.8 Å². The third kappa shape index (κ3) is 4.54. The zero-order valence-corrected chi connectivity index (χ0v) is 11.1. The highest BCUT2D eigenvalue weighted by Crippen LogP contribution is 2.16. The Bertz CT molecular complexity index is 416. The van der Waals surface area contributed by atoms with Gasteiger partial charge in [-0.15, -0.1) is 0 Å². The molecule has 1 fully saturated rings. The van der Waals surface area contributed by atoms with Crippen LogP contribution < -0.4 is 10.2 Å². The maximum Gasteiger partial charge on any atom is 0.281 e. The molecule has 5 nitrogen and oxygen atoms in total. The molecule has 1 unspecified atom stereocenters. The smallest absolute Gasteiger partial charge is 0.281 e. The van der Waals surface area contributed by atoms with Crippen molar-refractivity contribution in [2.24, 2.45) is 0 Å². The fourth-order valence-electron chi connectivity index (χ4n) is 1.83. The lowest BCUT2D eigenvalue weighted by atomic mass is 10.2. The molecule has 2 rings (SSSR count). The zero-order chi connectivity index (χ0) is 13.5. The number of carbonyl (C=O) groups is 1. The summed E-state index contributed by atoms with van der Waals surface area (Å²) in [6.45, 7) is 2.54. The van der Waals surface area contributed by atoms with Gasteiger partial charge in [-0.3, -0.25) is 4.79 Å². The van der Waals surface area contributed by atoms with Crippen LogP contribution >= 0.6 is 0 Å². The highest BCUT2D eigenvalue weighted by molar-refractivity contribution is 5.76. The molecule has 1 aliphatic rings. The fourth-order valence-corrected chi connectivity index (χ4v) is 1.83. The number of hydrogen-bond donors (Lipinski definition) is 1. The molecule has 0 aliphatic carbocycles. The highest BCUT2D eigenvalue weighted by atomic mass is 16.8. The maximum atomic E-state index is 11.6. The zero-order valence-electron chi connectivity index (χ0n) is 11.1. The quantitative estimate of drug-likeness (QED) is 0.827. The molecule has 1 aromatic carbocycles. The van der Waals surface area contributed by atoms with E-state index in [1.165, 1.54) is 0 Å². The van der Waals surface area contributed by atoms with Crippen LogP contribution in [-0.4, -0.2) is 25.4 Å². The van der Waals surface area contributed by atoms with Crippen molar-refractivity contribution >= 4 is 5.91 Å². The molecule has 5 heteroatoms. The number of rotatable bonds is 5. The van der Waals surface area contributed by atoms with Crippen LogP contribution in [0.3, 0.4) is 0 Å². The molecule has 1 aromatic rings. The van der Waals surface area contributed by atoms with E-state index in [2.05, 4.69) is 5.48 Å². The van der Waals surface area contributed by atoms with Crippen LogP contribution in [-0.2, 0) is 14.4 Å². The van der Waals surface area contributed by atoms with Crippen molar-refractivity contribution in [1.82, 2.24) is 5.48 Å². The summed E-state index contributed by atoms with van der Waals surface area (Å²) >= 11 is 0. The minimum atomic E-state index is -0.337. The average Bonchev–Trinajstić information content (AvgIpc) is 2.45. The molecule has 1 aliphatic heterocycles. The van der Waals surface area contributed by atoms with Gasteiger partial charge in [0.1, 0.15) is 5.75 Å². The van der Waals surface area contributed by atoms with Gasteiger partial charge in [0.15, 0.2) is 12.9 Å². The largest absolute Gasteiger partial charge is 0.483 e. The van der Waals surface area contributed by atoms with E-state index in [4.69, 9.17) is 14.3 Å². The first-order chi connectivity index (χ1) is 9.25. The van der Waals surface area contributed by atoms with Crippen molar-refractivity contribution in [2.75, 3.05) is 13.2 Å². The van der Waals surface area contributed by atoms with Crippen molar-refractivity contribution in [2.45, 2.75) is 32.5 Å². The van der Waals surface area contributed by atoms with E-state index in [-0.39, 0.29) is 18.8 Å². The van der Waals surface area contributed by atoms with E-state index in [0.29, 0.717) is 12.4 Å². The predicted molar refractivity (Wildman–Crippen MR) is 69.5 cm³/mol. The van der Waals surface area contributed by atoms with E-state index in [1.807, 2.05) is 31.2 Å². The van der Waals surface area contributed by atoms with Crippen LogP contribution in [0.2, 0.25) is 0 Å². The number of aryl methyl sites for hydroxylation is 1. The summed E-state index contributed by atoms with van der Waals surface area (Å²) in [4.78, 5) is 16.7. The summed E-state index contributed by atoms with van der Waals surface area (Å²) in [6, 6.07) is 7.55. The topological polar surface area (TPSA) is 56.8 Å². The summed E-state index contributed by atoms with van der Waals surface area (Å²) in [5.41, 5.74) is 3.35. The summed E-state index contributed by atoms with van der Waals surface area (Å²) in [6.07, 6.45) is 2.57. The number of ether oxygens (including phenoxy) is 2. The van der Waals surface area contributed by atoms with Gasteiger partial charge in [0.25, 0.3) is 5.91 Å². The van der Waals surface area contributed by atoms with E-state index < -0.39 is 0 Å². The van der Waals surface area contributed by atoms with E-state index in [1.54, 1.807) is 0 Å². The number of amides is 1. The van der Waals surface area contributed by atoms with Crippen LogP contribution in [0.1, 0.15) is 24.8 Å². The van der Waals surface area contributed by atoms with Crippen molar-refractivity contribution < 1.29 is 19.1 Å². The third-order valence-corrected chi connectivity index (χ3v) is 2.89. The highest BCUT2D eigenvalue weighted by Gasteiger charge is 2.15. The summed E-state index contributed by atoms with van der Waals surface area (Å²) in [7, 11) is 0. The van der Waals surface area contributed by atoms with Crippen LogP contribution in [0.25, 0.3) is 0 Å². The second-order valence-electron chi connectivity index (χ2n) is 4.49. The van der Waals surface area contributed by atoms with Crippen molar-refractivity contribution in [3.63, 3.8) is 0 Å². The second kappa shape index (κ2) is 7.11.